The van der Waals surface area contributed by atoms with Gasteiger partial charge in [-0.1, -0.05) is 13.3 Å². The number of amides is 2. The van der Waals surface area contributed by atoms with Crippen molar-refractivity contribution in [1.82, 2.24) is 10.2 Å². The molecule has 0 aromatic heterocycles. The Morgan fingerprint density at radius 2 is 2.06 bits per heavy atom. The van der Waals surface area contributed by atoms with Gasteiger partial charge in [0.2, 0.25) is 0 Å². The summed E-state index contributed by atoms with van der Waals surface area (Å²) >= 11 is 0. The number of carbonyl (C=O) groups excluding carboxylic acids is 1. The summed E-state index contributed by atoms with van der Waals surface area (Å²) in [5.74, 6) is -0.778. The fraction of sp³-hybridized carbons (Fsp3) is 0.846. The average molecular weight is 256 g/mol. The van der Waals surface area contributed by atoms with E-state index in [2.05, 4.69) is 5.32 Å². The maximum atomic E-state index is 11.9. The average Bonchev–Trinajstić information content (AvgIpc) is 2.29. The van der Waals surface area contributed by atoms with E-state index in [1.165, 1.54) is 0 Å². The summed E-state index contributed by atoms with van der Waals surface area (Å²) in [6.45, 7) is 4.50. The largest absolute Gasteiger partial charge is 0.481 e. The maximum Gasteiger partial charge on any atom is 0.317 e. The van der Waals surface area contributed by atoms with E-state index in [-0.39, 0.29) is 23.9 Å². The lowest BCUT2D eigenvalue weighted by Gasteiger charge is -2.41. The molecule has 18 heavy (non-hydrogen) atoms. The molecule has 1 saturated carbocycles. The predicted octanol–water partition coefficient (Wildman–Crippen LogP) is 2.07. The normalized spacial score (nSPS) is 18.6. The van der Waals surface area contributed by atoms with Gasteiger partial charge in [0.25, 0.3) is 0 Å². The van der Waals surface area contributed by atoms with Gasteiger partial charge in [0.05, 0.1) is 6.42 Å². The van der Waals surface area contributed by atoms with Gasteiger partial charge in [0, 0.05) is 19.6 Å². The van der Waals surface area contributed by atoms with Crippen LogP contribution < -0.4 is 5.32 Å². The summed E-state index contributed by atoms with van der Waals surface area (Å²) in [5.41, 5.74) is -0.211. The Kier molecular flexibility index (Phi) is 4.99. The van der Waals surface area contributed by atoms with Crippen LogP contribution in [0.5, 0.6) is 0 Å². The van der Waals surface area contributed by atoms with Crippen molar-refractivity contribution in [2.24, 2.45) is 5.41 Å². The van der Waals surface area contributed by atoms with Gasteiger partial charge in [-0.15, -0.1) is 0 Å². The van der Waals surface area contributed by atoms with Crippen molar-refractivity contribution in [2.75, 3.05) is 13.6 Å². The van der Waals surface area contributed by atoms with Gasteiger partial charge < -0.3 is 15.3 Å². The first-order valence-corrected chi connectivity index (χ1v) is 6.62. The highest BCUT2D eigenvalue weighted by Crippen LogP contribution is 2.43. The molecule has 1 rings (SSSR count). The Morgan fingerprint density at radius 1 is 1.44 bits per heavy atom. The van der Waals surface area contributed by atoms with Gasteiger partial charge >= 0.3 is 12.0 Å². The second kappa shape index (κ2) is 6.07. The number of carboxylic acid groups (broad SMARTS) is 1. The van der Waals surface area contributed by atoms with Crippen LogP contribution in [0.3, 0.4) is 0 Å². The van der Waals surface area contributed by atoms with Crippen LogP contribution in [0.4, 0.5) is 4.79 Å². The van der Waals surface area contributed by atoms with E-state index in [9.17, 15) is 9.59 Å². The summed E-state index contributed by atoms with van der Waals surface area (Å²) in [6, 6.07) is 0.0860. The van der Waals surface area contributed by atoms with Gasteiger partial charge in [0.1, 0.15) is 0 Å². The van der Waals surface area contributed by atoms with Crippen molar-refractivity contribution in [3.05, 3.63) is 0 Å². The third-order valence-corrected chi connectivity index (χ3v) is 4.13. The summed E-state index contributed by atoms with van der Waals surface area (Å²) in [7, 11) is 1.77. The van der Waals surface area contributed by atoms with E-state index in [0.29, 0.717) is 6.54 Å². The van der Waals surface area contributed by atoms with E-state index >= 15 is 0 Å². The fourth-order valence-corrected chi connectivity index (χ4v) is 2.28. The van der Waals surface area contributed by atoms with E-state index < -0.39 is 5.97 Å². The first kappa shape index (κ1) is 14.8. The number of hydrogen-bond donors (Lipinski definition) is 2. The molecule has 0 heterocycles. The van der Waals surface area contributed by atoms with Crippen LogP contribution in [-0.2, 0) is 4.79 Å². The highest BCUT2D eigenvalue weighted by atomic mass is 16.4. The highest BCUT2D eigenvalue weighted by molar-refractivity contribution is 5.74. The van der Waals surface area contributed by atoms with E-state index in [0.717, 1.165) is 25.7 Å². The van der Waals surface area contributed by atoms with E-state index in [1.807, 2.05) is 13.8 Å². The topological polar surface area (TPSA) is 69.6 Å². The molecule has 0 aliphatic heterocycles. The third-order valence-electron chi connectivity index (χ3n) is 4.13. The van der Waals surface area contributed by atoms with Crippen LogP contribution in [-0.4, -0.2) is 41.6 Å². The zero-order valence-corrected chi connectivity index (χ0v) is 11.5. The number of carboxylic acids is 1. The molecule has 104 valence electrons. The van der Waals surface area contributed by atoms with Crippen molar-refractivity contribution in [1.29, 1.82) is 0 Å². The van der Waals surface area contributed by atoms with Gasteiger partial charge in [-0.05, 0) is 31.6 Å². The number of aliphatic carboxylic acids is 1. The maximum absolute atomic E-state index is 11.9. The van der Waals surface area contributed by atoms with Gasteiger partial charge in [0.15, 0.2) is 0 Å². The minimum absolute atomic E-state index is 0.110. The monoisotopic (exact) mass is 256 g/mol. The van der Waals surface area contributed by atoms with E-state index in [1.54, 1.807) is 11.9 Å². The molecule has 0 saturated heterocycles. The lowest BCUT2D eigenvalue weighted by Crippen LogP contribution is -2.48. The minimum atomic E-state index is -0.778. The van der Waals surface area contributed by atoms with Crippen molar-refractivity contribution >= 4 is 12.0 Å². The molecule has 2 amide bonds. The lowest BCUT2D eigenvalue weighted by atomic mass is 9.66. The van der Waals surface area contributed by atoms with Crippen LogP contribution in [0.25, 0.3) is 0 Å². The zero-order chi connectivity index (χ0) is 13.8. The smallest absolute Gasteiger partial charge is 0.317 e. The Morgan fingerprint density at radius 3 is 2.44 bits per heavy atom. The number of nitrogens with zero attached hydrogens (tertiary/aromatic N) is 1. The first-order chi connectivity index (χ1) is 8.40. The molecule has 0 spiro atoms. The molecule has 2 N–H and O–H groups in total. The number of rotatable bonds is 6. The number of hydrogen-bond acceptors (Lipinski definition) is 2. The summed E-state index contributed by atoms with van der Waals surface area (Å²) in [4.78, 5) is 24.4. The number of nitrogens with one attached hydrogen (secondary N) is 1. The molecule has 0 bridgehead atoms. The fourth-order valence-electron chi connectivity index (χ4n) is 2.28. The molecule has 0 aromatic rings. The van der Waals surface area contributed by atoms with Crippen molar-refractivity contribution in [3.8, 4) is 0 Å². The molecule has 0 aromatic carbocycles. The quantitative estimate of drug-likeness (QED) is 0.764. The van der Waals surface area contributed by atoms with Crippen LogP contribution in [0, 0.1) is 5.41 Å². The molecule has 1 atom stereocenters. The standard InChI is InChI=1S/C13H24N2O3/c1-4-10(2)15(3)12(18)14-9-13(6-5-7-13)8-11(16)17/h10H,4-9H2,1-3H3,(H,14,18)(H,16,17). The lowest BCUT2D eigenvalue weighted by molar-refractivity contribution is -0.141. The molecule has 1 fully saturated rings. The Bertz CT molecular complexity index is 313. The van der Waals surface area contributed by atoms with Crippen LogP contribution in [0.15, 0.2) is 0 Å². The third kappa shape index (κ3) is 3.62. The Labute approximate surface area is 109 Å². The summed E-state index contributed by atoms with van der Waals surface area (Å²) in [5, 5.41) is 11.8. The molecule has 5 heteroatoms. The second-order valence-electron chi connectivity index (χ2n) is 5.45. The SMILES string of the molecule is CCC(C)N(C)C(=O)NCC1(CC(=O)O)CCC1. The summed E-state index contributed by atoms with van der Waals surface area (Å²) < 4.78 is 0. The van der Waals surface area contributed by atoms with Crippen molar-refractivity contribution in [3.63, 3.8) is 0 Å². The first-order valence-electron chi connectivity index (χ1n) is 6.62. The second-order valence-corrected chi connectivity index (χ2v) is 5.45. The molecule has 1 aliphatic rings. The number of carbonyl (C=O) groups is 2. The predicted molar refractivity (Wildman–Crippen MR) is 69.5 cm³/mol. The minimum Gasteiger partial charge on any atom is -0.481 e. The molecule has 5 nitrogen and oxygen atoms in total. The molecular formula is C13H24N2O3. The van der Waals surface area contributed by atoms with Crippen molar-refractivity contribution in [2.45, 2.75) is 52.0 Å². The van der Waals surface area contributed by atoms with Crippen LogP contribution in [0.2, 0.25) is 0 Å². The Hall–Kier alpha value is -1.26. The van der Waals surface area contributed by atoms with Gasteiger partial charge in [-0.3, -0.25) is 4.79 Å². The number of urea groups is 1. The van der Waals surface area contributed by atoms with Gasteiger partial charge in [-0.2, -0.15) is 0 Å². The van der Waals surface area contributed by atoms with E-state index in [4.69, 9.17) is 5.11 Å². The van der Waals surface area contributed by atoms with Gasteiger partial charge in [-0.25, -0.2) is 4.79 Å². The van der Waals surface area contributed by atoms with Crippen LogP contribution >= 0.6 is 0 Å². The molecule has 1 aliphatic carbocycles. The van der Waals surface area contributed by atoms with Crippen LogP contribution in [0.1, 0.15) is 46.0 Å². The molecule has 0 radical (unpaired) electrons. The molecular weight excluding hydrogens is 232 g/mol. The zero-order valence-electron chi connectivity index (χ0n) is 11.5. The van der Waals surface area contributed by atoms with Crippen molar-refractivity contribution < 1.29 is 14.7 Å². The molecule has 1 unspecified atom stereocenters. The summed E-state index contributed by atoms with van der Waals surface area (Å²) in [6.07, 6.45) is 3.91. The highest BCUT2D eigenvalue weighted by Gasteiger charge is 2.39. The Balaban J connectivity index is 2.43.